The minimum atomic E-state index is -4.43. The van der Waals surface area contributed by atoms with E-state index in [4.69, 9.17) is 9.26 Å². The molecular weight excluding hydrogens is 439 g/mol. The molecular formula is C18H18F3N5O2S2. The number of nitrogens with zero attached hydrogens (tertiary/aromatic N) is 4. The SMILES string of the molecule is CC(Sc1nnc(NCC2CCCO2)s1)c1nc(-c2cccc(C(F)(F)F)c2)no1. The molecule has 7 nitrogen and oxygen atoms in total. The number of aromatic nitrogens is 4. The maximum Gasteiger partial charge on any atom is 0.416 e. The second kappa shape index (κ2) is 8.90. The van der Waals surface area contributed by atoms with Crippen LogP contribution in [-0.2, 0) is 10.9 Å². The highest BCUT2D eigenvalue weighted by Crippen LogP contribution is 2.38. The van der Waals surface area contributed by atoms with E-state index in [0.717, 1.165) is 35.9 Å². The van der Waals surface area contributed by atoms with Crippen molar-refractivity contribution in [2.45, 2.75) is 41.6 Å². The first-order chi connectivity index (χ1) is 14.4. The monoisotopic (exact) mass is 457 g/mol. The van der Waals surface area contributed by atoms with Crippen molar-refractivity contribution < 1.29 is 22.4 Å². The summed E-state index contributed by atoms with van der Waals surface area (Å²) in [7, 11) is 0. The van der Waals surface area contributed by atoms with Crippen LogP contribution in [0.5, 0.6) is 0 Å². The van der Waals surface area contributed by atoms with Gasteiger partial charge in [-0.1, -0.05) is 40.4 Å². The molecule has 1 aromatic carbocycles. The lowest BCUT2D eigenvalue weighted by Gasteiger charge is -2.08. The number of anilines is 1. The van der Waals surface area contributed by atoms with Crippen LogP contribution in [0.1, 0.15) is 36.5 Å². The summed E-state index contributed by atoms with van der Waals surface area (Å²) in [5, 5.41) is 15.8. The van der Waals surface area contributed by atoms with Gasteiger partial charge in [-0.3, -0.25) is 0 Å². The smallest absolute Gasteiger partial charge is 0.376 e. The van der Waals surface area contributed by atoms with Crippen LogP contribution < -0.4 is 5.32 Å². The van der Waals surface area contributed by atoms with Crippen LogP contribution in [0.25, 0.3) is 11.4 Å². The Kier molecular flexibility index (Phi) is 6.25. The topological polar surface area (TPSA) is 86.0 Å². The zero-order valence-electron chi connectivity index (χ0n) is 15.8. The van der Waals surface area contributed by atoms with Crippen molar-refractivity contribution in [3.05, 3.63) is 35.7 Å². The third-order valence-corrected chi connectivity index (χ3v) is 6.48. The highest BCUT2D eigenvalue weighted by molar-refractivity contribution is 8.01. The predicted molar refractivity (Wildman–Crippen MR) is 106 cm³/mol. The molecule has 12 heteroatoms. The Balaban J connectivity index is 1.38. The van der Waals surface area contributed by atoms with Crippen molar-refractivity contribution in [1.82, 2.24) is 20.3 Å². The highest BCUT2D eigenvalue weighted by atomic mass is 32.2. The maximum atomic E-state index is 12.9. The van der Waals surface area contributed by atoms with Gasteiger partial charge in [0.1, 0.15) is 0 Å². The van der Waals surface area contributed by atoms with Gasteiger partial charge in [0.2, 0.25) is 16.8 Å². The Morgan fingerprint density at radius 3 is 2.97 bits per heavy atom. The van der Waals surface area contributed by atoms with Crippen molar-refractivity contribution in [2.24, 2.45) is 0 Å². The van der Waals surface area contributed by atoms with Crippen molar-refractivity contribution in [2.75, 3.05) is 18.5 Å². The van der Waals surface area contributed by atoms with Gasteiger partial charge in [0.15, 0.2) is 4.34 Å². The molecule has 0 aliphatic carbocycles. The number of thioether (sulfide) groups is 1. The van der Waals surface area contributed by atoms with E-state index in [1.165, 1.54) is 35.2 Å². The van der Waals surface area contributed by atoms with Crippen molar-refractivity contribution >= 4 is 28.2 Å². The fraction of sp³-hybridized carbons (Fsp3) is 0.444. The molecule has 0 radical (unpaired) electrons. The van der Waals surface area contributed by atoms with Crippen molar-refractivity contribution in [3.63, 3.8) is 0 Å². The summed E-state index contributed by atoms with van der Waals surface area (Å²) in [6.07, 6.45) is -2.11. The lowest BCUT2D eigenvalue weighted by Crippen LogP contribution is -2.18. The molecule has 1 aliphatic heterocycles. The third kappa shape index (κ3) is 5.10. The van der Waals surface area contributed by atoms with Crippen LogP contribution in [0.15, 0.2) is 33.1 Å². The van der Waals surface area contributed by atoms with Crippen LogP contribution in [0.4, 0.5) is 18.3 Å². The first kappa shape index (κ1) is 21.1. The summed E-state index contributed by atoms with van der Waals surface area (Å²) in [6, 6.07) is 4.84. The van der Waals surface area contributed by atoms with Crippen LogP contribution in [-0.4, -0.2) is 39.6 Å². The second-order valence-electron chi connectivity index (χ2n) is 6.68. The minimum absolute atomic E-state index is 0.111. The van der Waals surface area contributed by atoms with E-state index in [-0.39, 0.29) is 22.7 Å². The fourth-order valence-corrected chi connectivity index (χ4v) is 4.82. The van der Waals surface area contributed by atoms with Gasteiger partial charge >= 0.3 is 6.18 Å². The Morgan fingerprint density at radius 1 is 1.33 bits per heavy atom. The zero-order chi connectivity index (χ0) is 21.1. The summed E-state index contributed by atoms with van der Waals surface area (Å²) >= 11 is 2.80. The van der Waals surface area contributed by atoms with Gasteiger partial charge in [-0.05, 0) is 31.9 Å². The van der Waals surface area contributed by atoms with Crippen molar-refractivity contribution in [3.8, 4) is 11.4 Å². The number of nitrogens with one attached hydrogen (secondary N) is 1. The van der Waals surface area contributed by atoms with Gasteiger partial charge < -0.3 is 14.6 Å². The number of rotatable bonds is 7. The molecule has 3 aromatic rings. The van der Waals surface area contributed by atoms with E-state index in [0.29, 0.717) is 17.6 Å². The summed E-state index contributed by atoms with van der Waals surface area (Å²) in [5.41, 5.74) is -0.515. The molecule has 1 saturated heterocycles. The van der Waals surface area contributed by atoms with Crippen LogP contribution in [0, 0.1) is 0 Å². The summed E-state index contributed by atoms with van der Waals surface area (Å²) in [4.78, 5) is 4.25. The molecule has 0 amide bonds. The van der Waals surface area contributed by atoms with Crippen molar-refractivity contribution in [1.29, 1.82) is 0 Å². The minimum Gasteiger partial charge on any atom is -0.376 e. The van der Waals surface area contributed by atoms with E-state index in [2.05, 4.69) is 25.7 Å². The number of halogens is 3. The molecule has 2 aromatic heterocycles. The van der Waals surface area contributed by atoms with E-state index in [9.17, 15) is 13.2 Å². The van der Waals surface area contributed by atoms with E-state index < -0.39 is 11.7 Å². The molecule has 0 spiro atoms. The largest absolute Gasteiger partial charge is 0.416 e. The average Bonchev–Trinajstić information content (AvgIpc) is 3.47. The Morgan fingerprint density at radius 2 is 2.20 bits per heavy atom. The Bertz CT molecular complexity index is 988. The fourth-order valence-electron chi connectivity index (χ4n) is 2.89. The molecule has 3 heterocycles. The lowest BCUT2D eigenvalue weighted by molar-refractivity contribution is -0.137. The number of benzene rings is 1. The van der Waals surface area contributed by atoms with E-state index in [1.54, 1.807) is 0 Å². The van der Waals surface area contributed by atoms with Gasteiger partial charge in [-0.2, -0.15) is 18.2 Å². The van der Waals surface area contributed by atoms with Gasteiger partial charge in [0, 0.05) is 18.7 Å². The Hall–Kier alpha value is -2.18. The molecule has 2 atom stereocenters. The maximum absolute atomic E-state index is 12.9. The summed E-state index contributed by atoms with van der Waals surface area (Å²) < 4.78 is 50.3. The number of alkyl halides is 3. The van der Waals surface area contributed by atoms with E-state index >= 15 is 0 Å². The third-order valence-electron chi connectivity index (χ3n) is 4.43. The standard InChI is InChI=1S/C18H18F3N5O2S2/c1-10(29-17-25-24-16(30-17)22-9-13-6-3-7-27-13)15-23-14(26-28-15)11-4-2-5-12(8-11)18(19,20)21/h2,4-5,8,10,13H,3,6-7,9H2,1H3,(H,22,24). The zero-order valence-corrected chi connectivity index (χ0v) is 17.5. The highest BCUT2D eigenvalue weighted by Gasteiger charge is 2.31. The van der Waals surface area contributed by atoms with Gasteiger partial charge in [0.25, 0.3) is 0 Å². The van der Waals surface area contributed by atoms with Gasteiger partial charge in [0.05, 0.1) is 16.9 Å². The molecule has 2 unspecified atom stereocenters. The summed E-state index contributed by atoms with van der Waals surface area (Å²) in [6.45, 7) is 3.35. The number of hydrogen-bond donors (Lipinski definition) is 1. The van der Waals surface area contributed by atoms with Crippen LogP contribution >= 0.6 is 23.1 Å². The second-order valence-corrected chi connectivity index (χ2v) is 9.25. The quantitative estimate of drug-likeness (QED) is 0.493. The number of hydrogen-bond acceptors (Lipinski definition) is 9. The average molecular weight is 458 g/mol. The summed E-state index contributed by atoms with van der Waals surface area (Å²) in [5.74, 6) is 0.413. The Labute approximate surface area is 178 Å². The first-order valence-electron chi connectivity index (χ1n) is 9.25. The molecule has 4 rings (SSSR count). The molecule has 0 bridgehead atoms. The van der Waals surface area contributed by atoms with Crippen LogP contribution in [0.3, 0.4) is 0 Å². The molecule has 0 saturated carbocycles. The molecule has 1 aliphatic rings. The van der Waals surface area contributed by atoms with Crippen LogP contribution in [0.2, 0.25) is 0 Å². The number of ether oxygens (including phenoxy) is 1. The van der Waals surface area contributed by atoms with Gasteiger partial charge in [-0.15, -0.1) is 10.2 Å². The molecule has 1 N–H and O–H groups in total. The van der Waals surface area contributed by atoms with E-state index in [1.807, 2.05) is 6.92 Å². The molecule has 1 fully saturated rings. The molecule has 30 heavy (non-hydrogen) atoms. The molecule has 160 valence electrons. The normalized spacial score (nSPS) is 17.9. The van der Waals surface area contributed by atoms with Gasteiger partial charge in [-0.25, -0.2) is 0 Å². The lowest BCUT2D eigenvalue weighted by atomic mass is 10.1. The predicted octanol–water partition coefficient (Wildman–Crippen LogP) is 5.05. The first-order valence-corrected chi connectivity index (χ1v) is 10.9.